The van der Waals surface area contributed by atoms with E-state index in [9.17, 15) is 4.39 Å². The van der Waals surface area contributed by atoms with E-state index in [1.165, 1.54) is 18.9 Å². The van der Waals surface area contributed by atoms with Gasteiger partial charge in [0.15, 0.2) is 0 Å². The number of rotatable bonds is 4. The maximum atomic E-state index is 13.3. The Morgan fingerprint density at radius 3 is 2.89 bits per heavy atom. The Bertz CT molecular complexity index is 421. The second-order valence-electron chi connectivity index (χ2n) is 6.06. The van der Waals surface area contributed by atoms with Gasteiger partial charge in [-0.3, -0.25) is 0 Å². The summed E-state index contributed by atoms with van der Waals surface area (Å²) in [6, 6.07) is 6.81. The van der Waals surface area contributed by atoms with E-state index in [1.807, 2.05) is 6.07 Å². The number of halogens is 1. The van der Waals surface area contributed by atoms with Crippen LogP contribution in [-0.2, 0) is 0 Å². The molecule has 2 unspecified atom stereocenters. The van der Waals surface area contributed by atoms with E-state index in [0.717, 1.165) is 31.6 Å². The van der Waals surface area contributed by atoms with Crippen LogP contribution in [0.2, 0.25) is 0 Å². The number of hydrogen-bond donors (Lipinski definition) is 1. The number of hydrogen-bond acceptors (Lipinski definition) is 2. The minimum absolute atomic E-state index is 0.125. The van der Waals surface area contributed by atoms with Crippen LogP contribution in [0.25, 0.3) is 0 Å². The fourth-order valence-electron chi connectivity index (χ4n) is 3.28. The quantitative estimate of drug-likeness (QED) is 0.901. The minimum Gasteiger partial charge on any atom is -0.370 e. The van der Waals surface area contributed by atoms with Crippen LogP contribution in [0.1, 0.15) is 39.5 Å². The van der Waals surface area contributed by atoms with Crippen LogP contribution in [0.15, 0.2) is 24.3 Å². The number of nitrogens with zero attached hydrogens (tertiary/aromatic N) is 1. The van der Waals surface area contributed by atoms with Gasteiger partial charge >= 0.3 is 0 Å². The van der Waals surface area contributed by atoms with E-state index in [2.05, 4.69) is 18.7 Å². The van der Waals surface area contributed by atoms with Crippen molar-refractivity contribution in [2.45, 2.75) is 45.1 Å². The van der Waals surface area contributed by atoms with Crippen molar-refractivity contribution in [1.82, 2.24) is 0 Å². The lowest BCUT2D eigenvalue weighted by molar-refractivity contribution is 0.239. The van der Waals surface area contributed by atoms with Gasteiger partial charge in [0, 0.05) is 24.3 Å². The Hall–Kier alpha value is -1.09. The molecule has 0 saturated heterocycles. The van der Waals surface area contributed by atoms with Gasteiger partial charge < -0.3 is 10.6 Å². The molecule has 2 nitrogen and oxygen atoms in total. The van der Waals surface area contributed by atoms with Crippen molar-refractivity contribution in [3.8, 4) is 0 Å². The maximum absolute atomic E-state index is 13.3. The van der Waals surface area contributed by atoms with Gasteiger partial charge in [-0.2, -0.15) is 0 Å². The van der Waals surface area contributed by atoms with Crippen LogP contribution >= 0.6 is 0 Å². The first-order valence-corrected chi connectivity index (χ1v) is 7.32. The molecule has 1 aliphatic rings. The topological polar surface area (TPSA) is 29.3 Å². The predicted molar refractivity (Wildman–Crippen MR) is 78.8 cm³/mol. The molecule has 1 aliphatic carbocycles. The molecule has 0 radical (unpaired) electrons. The van der Waals surface area contributed by atoms with Crippen LogP contribution in [0.3, 0.4) is 0 Å². The molecule has 2 N–H and O–H groups in total. The summed E-state index contributed by atoms with van der Waals surface area (Å²) >= 11 is 0. The average Bonchev–Trinajstić information content (AvgIpc) is 2.35. The third-order valence-electron chi connectivity index (χ3n) is 4.19. The lowest BCUT2D eigenvalue weighted by atomic mass is 9.76. The molecule has 2 rings (SSSR count). The minimum atomic E-state index is -0.181. The van der Waals surface area contributed by atoms with Gasteiger partial charge in [-0.25, -0.2) is 4.39 Å². The van der Waals surface area contributed by atoms with Gasteiger partial charge in [-0.1, -0.05) is 25.8 Å². The second-order valence-corrected chi connectivity index (χ2v) is 6.06. The first kappa shape index (κ1) is 14.3. The monoisotopic (exact) mass is 264 g/mol. The van der Waals surface area contributed by atoms with E-state index in [1.54, 1.807) is 12.1 Å². The molecule has 0 heterocycles. The molecule has 2 atom stereocenters. The fraction of sp³-hybridized carbons (Fsp3) is 0.625. The summed E-state index contributed by atoms with van der Waals surface area (Å²) in [4.78, 5) is 2.20. The summed E-state index contributed by atoms with van der Waals surface area (Å²) in [5.41, 5.74) is 7.38. The molecule has 19 heavy (non-hydrogen) atoms. The van der Waals surface area contributed by atoms with Crippen molar-refractivity contribution in [3.05, 3.63) is 30.1 Å². The number of likely N-dealkylation sites (N-methyl/N-ethyl adjacent to an activating group) is 1. The highest BCUT2D eigenvalue weighted by Crippen LogP contribution is 2.32. The number of benzene rings is 1. The average molecular weight is 264 g/mol. The Kier molecular flexibility index (Phi) is 4.46. The van der Waals surface area contributed by atoms with E-state index in [4.69, 9.17) is 5.73 Å². The largest absolute Gasteiger partial charge is 0.370 e. The van der Waals surface area contributed by atoms with Crippen molar-refractivity contribution >= 4 is 5.69 Å². The second kappa shape index (κ2) is 5.91. The maximum Gasteiger partial charge on any atom is 0.125 e. The third kappa shape index (κ3) is 3.69. The first-order chi connectivity index (χ1) is 9.02. The van der Waals surface area contributed by atoms with Crippen LogP contribution in [0.5, 0.6) is 0 Å². The third-order valence-corrected chi connectivity index (χ3v) is 4.19. The molecule has 0 aliphatic heterocycles. The Morgan fingerprint density at radius 2 is 2.26 bits per heavy atom. The normalized spacial score (nSPS) is 27.3. The summed E-state index contributed by atoms with van der Waals surface area (Å²) in [5.74, 6) is 0.518. The van der Waals surface area contributed by atoms with Crippen molar-refractivity contribution in [2.75, 3.05) is 18.0 Å². The summed E-state index contributed by atoms with van der Waals surface area (Å²) in [5, 5.41) is 0. The van der Waals surface area contributed by atoms with E-state index < -0.39 is 0 Å². The number of anilines is 1. The fourth-order valence-corrected chi connectivity index (χ4v) is 3.28. The summed E-state index contributed by atoms with van der Waals surface area (Å²) in [7, 11) is 0. The number of nitrogens with two attached hydrogens (primary N) is 1. The molecule has 0 spiro atoms. The van der Waals surface area contributed by atoms with Gasteiger partial charge in [0.05, 0.1) is 0 Å². The first-order valence-electron chi connectivity index (χ1n) is 7.32. The lowest BCUT2D eigenvalue weighted by Crippen LogP contribution is -2.53. The molecule has 106 valence electrons. The molecular weight excluding hydrogens is 239 g/mol. The van der Waals surface area contributed by atoms with Gasteiger partial charge in [0.2, 0.25) is 0 Å². The smallest absolute Gasteiger partial charge is 0.125 e. The highest BCUT2D eigenvalue weighted by Gasteiger charge is 2.32. The molecule has 0 amide bonds. The predicted octanol–water partition coefficient (Wildman–Crippen LogP) is 3.56. The Morgan fingerprint density at radius 1 is 1.47 bits per heavy atom. The summed E-state index contributed by atoms with van der Waals surface area (Å²) in [6.07, 6.45) is 4.63. The standard InChI is InChI=1S/C16H25FN2/c1-3-19(15-8-4-7-14(17)10-15)12-16(18)9-5-6-13(2)11-16/h4,7-8,10,13H,3,5-6,9,11-12,18H2,1-2H3. The van der Waals surface area contributed by atoms with Crippen LogP contribution < -0.4 is 10.6 Å². The van der Waals surface area contributed by atoms with E-state index in [0.29, 0.717) is 5.92 Å². The summed E-state index contributed by atoms with van der Waals surface area (Å²) < 4.78 is 13.3. The van der Waals surface area contributed by atoms with Gasteiger partial charge in [0.1, 0.15) is 5.82 Å². The Labute approximate surface area is 115 Å². The molecule has 0 aromatic heterocycles. The van der Waals surface area contributed by atoms with Gasteiger partial charge in [-0.05, 0) is 43.9 Å². The zero-order valence-electron chi connectivity index (χ0n) is 12.0. The summed E-state index contributed by atoms with van der Waals surface area (Å²) in [6.45, 7) is 6.05. The Balaban J connectivity index is 2.10. The van der Waals surface area contributed by atoms with Gasteiger partial charge in [-0.15, -0.1) is 0 Å². The molecule has 1 aromatic rings. The highest BCUT2D eigenvalue weighted by atomic mass is 19.1. The molecular formula is C16H25FN2. The van der Waals surface area contributed by atoms with Crippen molar-refractivity contribution < 1.29 is 4.39 Å². The lowest BCUT2D eigenvalue weighted by Gasteiger charge is -2.41. The van der Waals surface area contributed by atoms with E-state index in [-0.39, 0.29) is 11.4 Å². The molecule has 1 saturated carbocycles. The molecule has 1 aromatic carbocycles. The SMILES string of the molecule is CCN(CC1(N)CCCC(C)C1)c1cccc(F)c1. The molecule has 3 heteroatoms. The van der Waals surface area contributed by atoms with E-state index >= 15 is 0 Å². The van der Waals surface area contributed by atoms with Crippen molar-refractivity contribution in [3.63, 3.8) is 0 Å². The highest BCUT2D eigenvalue weighted by molar-refractivity contribution is 5.46. The molecule has 0 bridgehead atoms. The van der Waals surface area contributed by atoms with Crippen molar-refractivity contribution in [1.29, 1.82) is 0 Å². The van der Waals surface area contributed by atoms with Crippen molar-refractivity contribution in [2.24, 2.45) is 11.7 Å². The van der Waals surface area contributed by atoms with Gasteiger partial charge in [0.25, 0.3) is 0 Å². The zero-order valence-corrected chi connectivity index (χ0v) is 12.0. The van der Waals surface area contributed by atoms with Crippen LogP contribution in [0.4, 0.5) is 10.1 Å². The zero-order chi connectivity index (χ0) is 13.9. The molecule has 1 fully saturated rings. The van der Waals surface area contributed by atoms with Crippen LogP contribution in [-0.4, -0.2) is 18.6 Å². The van der Waals surface area contributed by atoms with Crippen LogP contribution in [0, 0.1) is 11.7 Å².